The van der Waals surface area contributed by atoms with E-state index in [1.54, 1.807) is 7.11 Å². The van der Waals surface area contributed by atoms with E-state index in [1.165, 1.54) is 5.56 Å². The molecule has 142 valence electrons. The summed E-state index contributed by atoms with van der Waals surface area (Å²) < 4.78 is 5.22. The summed E-state index contributed by atoms with van der Waals surface area (Å²) >= 11 is 6.09. The van der Waals surface area contributed by atoms with E-state index in [1.807, 2.05) is 41.3 Å². The number of rotatable bonds is 4. The Morgan fingerprint density at radius 1 is 1.15 bits per heavy atom. The van der Waals surface area contributed by atoms with Crippen molar-refractivity contribution in [3.8, 4) is 5.75 Å². The zero-order chi connectivity index (χ0) is 18.8. The molecule has 0 aliphatic carbocycles. The Kier molecular flexibility index (Phi) is 5.34. The van der Waals surface area contributed by atoms with Crippen LogP contribution in [0.3, 0.4) is 0 Å². The average molecular weight is 386 g/mol. The number of benzene rings is 2. The first-order valence-corrected chi connectivity index (χ1v) is 9.71. The Hall–Kier alpha value is -2.08. The highest BCUT2D eigenvalue weighted by Gasteiger charge is 2.36. The fourth-order valence-corrected chi connectivity index (χ4v) is 4.19. The van der Waals surface area contributed by atoms with Crippen molar-refractivity contribution in [1.29, 1.82) is 0 Å². The first-order valence-electron chi connectivity index (χ1n) is 9.33. The van der Waals surface area contributed by atoms with E-state index in [-0.39, 0.29) is 18.0 Å². The van der Waals surface area contributed by atoms with Gasteiger partial charge in [0.15, 0.2) is 0 Å². The number of methoxy groups -OCH3 is 1. The Labute approximate surface area is 164 Å². The second-order valence-corrected chi connectivity index (χ2v) is 7.66. The first kappa shape index (κ1) is 18.3. The van der Waals surface area contributed by atoms with Crippen LogP contribution in [-0.4, -0.2) is 37.0 Å². The molecule has 3 unspecified atom stereocenters. The number of nitrogens with one attached hydrogen (secondary N) is 2. The highest BCUT2D eigenvalue weighted by atomic mass is 35.5. The maximum absolute atomic E-state index is 12.9. The zero-order valence-electron chi connectivity index (χ0n) is 15.3. The minimum absolute atomic E-state index is 0.0950. The second-order valence-electron chi connectivity index (χ2n) is 7.23. The van der Waals surface area contributed by atoms with Crippen LogP contribution >= 0.6 is 11.6 Å². The van der Waals surface area contributed by atoms with Gasteiger partial charge in [-0.15, -0.1) is 0 Å². The largest absolute Gasteiger partial charge is 0.497 e. The van der Waals surface area contributed by atoms with Crippen molar-refractivity contribution in [3.63, 3.8) is 0 Å². The molecule has 3 atom stereocenters. The molecule has 4 rings (SSSR count). The van der Waals surface area contributed by atoms with Crippen molar-refractivity contribution in [2.45, 2.75) is 30.8 Å². The summed E-state index contributed by atoms with van der Waals surface area (Å²) in [6.45, 7) is 1.57. The van der Waals surface area contributed by atoms with E-state index in [9.17, 15) is 4.79 Å². The van der Waals surface area contributed by atoms with Gasteiger partial charge in [-0.3, -0.25) is 4.79 Å². The van der Waals surface area contributed by atoms with Gasteiger partial charge in [-0.25, -0.2) is 10.9 Å². The van der Waals surface area contributed by atoms with E-state index in [4.69, 9.17) is 16.3 Å². The molecule has 2 aromatic carbocycles. The highest BCUT2D eigenvalue weighted by Crippen LogP contribution is 2.30. The van der Waals surface area contributed by atoms with Crippen molar-refractivity contribution >= 4 is 17.5 Å². The van der Waals surface area contributed by atoms with E-state index in [0.29, 0.717) is 10.9 Å². The molecule has 2 aliphatic heterocycles. The molecule has 27 heavy (non-hydrogen) atoms. The van der Waals surface area contributed by atoms with E-state index in [0.717, 1.165) is 37.2 Å². The lowest BCUT2D eigenvalue weighted by molar-refractivity contribution is -0.132. The fourth-order valence-electron chi connectivity index (χ4n) is 3.99. The molecule has 1 amide bonds. The number of amides is 1. The van der Waals surface area contributed by atoms with Crippen LogP contribution < -0.4 is 15.6 Å². The van der Waals surface area contributed by atoms with Crippen LogP contribution in [-0.2, 0) is 4.79 Å². The summed E-state index contributed by atoms with van der Waals surface area (Å²) in [6, 6.07) is 15.8. The molecule has 0 bridgehead atoms. The van der Waals surface area contributed by atoms with Gasteiger partial charge in [0.25, 0.3) is 0 Å². The minimum atomic E-state index is -0.205. The maximum atomic E-state index is 12.9. The van der Waals surface area contributed by atoms with Crippen molar-refractivity contribution in [1.82, 2.24) is 15.8 Å². The van der Waals surface area contributed by atoms with Crippen molar-refractivity contribution < 1.29 is 9.53 Å². The SMILES string of the molecule is COc1ccc(C2CCN(C(=O)C3CC(c4cccc(Cl)c4)NN3)C2)cc1. The molecule has 0 aromatic heterocycles. The summed E-state index contributed by atoms with van der Waals surface area (Å²) in [7, 11) is 1.67. The van der Waals surface area contributed by atoms with Gasteiger partial charge in [-0.1, -0.05) is 35.9 Å². The molecule has 2 saturated heterocycles. The lowest BCUT2D eigenvalue weighted by Crippen LogP contribution is -2.44. The van der Waals surface area contributed by atoms with Crippen LogP contribution in [0.5, 0.6) is 5.75 Å². The summed E-state index contributed by atoms with van der Waals surface area (Å²) in [4.78, 5) is 14.9. The standard InChI is InChI=1S/C21H24ClN3O2/c1-27-18-7-5-14(6-8-18)16-9-10-25(13-16)21(26)20-12-19(23-24-20)15-3-2-4-17(22)11-15/h2-8,11,16,19-20,23-24H,9-10,12-13H2,1H3. The van der Waals surface area contributed by atoms with Gasteiger partial charge >= 0.3 is 0 Å². The monoisotopic (exact) mass is 385 g/mol. The van der Waals surface area contributed by atoms with Crippen LogP contribution in [0.25, 0.3) is 0 Å². The molecule has 2 N–H and O–H groups in total. The van der Waals surface area contributed by atoms with Crippen LogP contribution in [0.15, 0.2) is 48.5 Å². The number of hydrazine groups is 1. The molecule has 0 radical (unpaired) electrons. The second kappa shape index (κ2) is 7.89. The predicted octanol–water partition coefficient (Wildman–Crippen LogP) is 3.27. The number of ether oxygens (including phenoxy) is 1. The van der Waals surface area contributed by atoms with Gasteiger partial charge in [0.2, 0.25) is 5.91 Å². The lowest BCUT2D eigenvalue weighted by atomic mass is 9.98. The maximum Gasteiger partial charge on any atom is 0.241 e. The number of hydrogen-bond donors (Lipinski definition) is 2. The van der Waals surface area contributed by atoms with Crippen molar-refractivity contribution in [3.05, 3.63) is 64.7 Å². The molecular formula is C21H24ClN3O2. The third kappa shape index (κ3) is 3.95. The highest BCUT2D eigenvalue weighted by molar-refractivity contribution is 6.30. The number of hydrogen-bond acceptors (Lipinski definition) is 4. The molecule has 5 nitrogen and oxygen atoms in total. The molecule has 0 spiro atoms. The Morgan fingerprint density at radius 3 is 2.70 bits per heavy atom. The van der Waals surface area contributed by atoms with Gasteiger partial charge in [0.05, 0.1) is 7.11 Å². The number of halogens is 1. The molecule has 2 fully saturated rings. The minimum Gasteiger partial charge on any atom is -0.497 e. The van der Waals surface area contributed by atoms with E-state index in [2.05, 4.69) is 23.0 Å². The van der Waals surface area contributed by atoms with E-state index >= 15 is 0 Å². The van der Waals surface area contributed by atoms with Gasteiger partial charge in [-0.05, 0) is 48.2 Å². The molecule has 0 saturated carbocycles. The quantitative estimate of drug-likeness (QED) is 0.848. The topological polar surface area (TPSA) is 53.6 Å². The third-order valence-electron chi connectivity index (χ3n) is 5.54. The lowest BCUT2D eigenvalue weighted by Gasteiger charge is -2.20. The number of carbonyl (C=O) groups is 1. The van der Waals surface area contributed by atoms with Crippen molar-refractivity contribution in [2.24, 2.45) is 0 Å². The van der Waals surface area contributed by atoms with Crippen LogP contribution in [0, 0.1) is 0 Å². The van der Waals surface area contributed by atoms with Crippen LogP contribution in [0.2, 0.25) is 5.02 Å². The van der Waals surface area contributed by atoms with E-state index < -0.39 is 0 Å². The summed E-state index contributed by atoms with van der Waals surface area (Å²) in [5.41, 5.74) is 8.77. The van der Waals surface area contributed by atoms with Gasteiger partial charge in [-0.2, -0.15) is 0 Å². The van der Waals surface area contributed by atoms with Gasteiger partial charge < -0.3 is 9.64 Å². The normalized spacial score (nSPS) is 25.0. The molecule has 2 heterocycles. The fraction of sp³-hybridized carbons (Fsp3) is 0.381. The van der Waals surface area contributed by atoms with Crippen LogP contribution in [0.1, 0.15) is 35.9 Å². The number of likely N-dealkylation sites (tertiary alicyclic amines) is 1. The predicted molar refractivity (Wildman–Crippen MR) is 106 cm³/mol. The smallest absolute Gasteiger partial charge is 0.241 e. The van der Waals surface area contributed by atoms with Crippen molar-refractivity contribution in [2.75, 3.05) is 20.2 Å². The Balaban J connectivity index is 1.36. The van der Waals surface area contributed by atoms with Gasteiger partial charge in [0.1, 0.15) is 11.8 Å². The summed E-state index contributed by atoms with van der Waals surface area (Å²) in [5.74, 6) is 1.42. The average Bonchev–Trinajstić information content (AvgIpc) is 3.38. The Bertz CT molecular complexity index is 811. The molecule has 6 heteroatoms. The number of nitrogens with zero attached hydrogens (tertiary/aromatic N) is 1. The van der Waals surface area contributed by atoms with Gasteiger partial charge in [0, 0.05) is 30.1 Å². The molecule has 2 aliphatic rings. The molecule has 2 aromatic rings. The summed E-state index contributed by atoms with van der Waals surface area (Å²) in [5, 5.41) is 0.714. The summed E-state index contributed by atoms with van der Waals surface area (Å²) in [6.07, 6.45) is 1.72. The number of carbonyl (C=O) groups excluding carboxylic acids is 1. The third-order valence-corrected chi connectivity index (χ3v) is 5.77. The zero-order valence-corrected chi connectivity index (χ0v) is 16.1. The molecular weight excluding hydrogens is 362 g/mol. The van der Waals surface area contributed by atoms with Crippen LogP contribution in [0.4, 0.5) is 0 Å². The Morgan fingerprint density at radius 2 is 1.96 bits per heavy atom. The first-order chi connectivity index (χ1) is 13.1.